The first-order valence-corrected chi connectivity index (χ1v) is 6.73. The molecule has 1 aliphatic carbocycles. The SMILES string of the molecule is SCC1(COc2ccc(Cl)c(Cl)c2)CCC1. The lowest BCUT2D eigenvalue weighted by Gasteiger charge is -2.40. The maximum absolute atomic E-state index is 5.92. The second-order valence-corrected chi connectivity index (χ2v) is 5.51. The highest BCUT2D eigenvalue weighted by Gasteiger charge is 2.36. The van der Waals surface area contributed by atoms with E-state index in [0.717, 1.165) is 11.5 Å². The predicted octanol–water partition coefficient (Wildman–Crippen LogP) is 4.47. The van der Waals surface area contributed by atoms with E-state index in [2.05, 4.69) is 12.6 Å². The number of hydrogen-bond acceptors (Lipinski definition) is 2. The van der Waals surface area contributed by atoms with Gasteiger partial charge in [-0.25, -0.2) is 0 Å². The van der Waals surface area contributed by atoms with Crippen LogP contribution < -0.4 is 4.74 Å². The Balaban J connectivity index is 1.96. The minimum absolute atomic E-state index is 0.273. The Labute approximate surface area is 111 Å². The molecule has 16 heavy (non-hydrogen) atoms. The molecule has 1 aromatic rings. The minimum Gasteiger partial charge on any atom is -0.493 e. The van der Waals surface area contributed by atoms with Crippen LogP contribution in [0.15, 0.2) is 18.2 Å². The fourth-order valence-electron chi connectivity index (χ4n) is 1.83. The van der Waals surface area contributed by atoms with Crippen molar-refractivity contribution in [3.63, 3.8) is 0 Å². The zero-order valence-electron chi connectivity index (χ0n) is 8.88. The molecule has 1 saturated carbocycles. The normalized spacial score (nSPS) is 17.9. The summed E-state index contributed by atoms with van der Waals surface area (Å²) in [5.41, 5.74) is 0.273. The highest BCUT2D eigenvalue weighted by atomic mass is 35.5. The summed E-state index contributed by atoms with van der Waals surface area (Å²) in [5, 5.41) is 1.09. The molecule has 0 unspecified atom stereocenters. The van der Waals surface area contributed by atoms with Crippen molar-refractivity contribution >= 4 is 35.8 Å². The molecule has 0 atom stereocenters. The third-order valence-corrected chi connectivity index (χ3v) is 4.60. The van der Waals surface area contributed by atoms with Crippen molar-refractivity contribution in [1.29, 1.82) is 0 Å². The Bertz CT molecular complexity index is 372. The zero-order valence-corrected chi connectivity index (χ0v) is 11.3. The van der Waals surface area contributed by atoms with Crippen LogP contribution in [0.4, 0.5) is 0 Å². The molecular weight excluding hydrogens is 263 g/mol. The molecule has 0 heterocycles. The lowest BCUT2D eigenvalue weighted by Crippen LogP contribution is -2.37. The van der Waals surface area contributed by atoms with Gasteiger partial charge in [0.05, 0.1) is 16.7 Å². The molecule has 0 bridgehead atoms. The molecule has 0 N–H and O–H groups in total. The Hall–Kier alpha value is -0.0500. The van der Waals surface area contributed by atoms with Crippen molar-refractivity contribution in [3.8, 4) is 5.75 Å². The summed E-state index contributed by atoms with van der Waals surface area (Å²) in [7, 11) is 0. The first-order chi connectivity index (χ1) is 7.65. The van der Waals surface area contributed by atoms with Crippen LogP contribution in [0.1, 0.15) is 19.3 Å². The van der Waals surface area contributed by atoms with Gasteiger partial charge in [-0.1, -0.05) is 29.6 Å². The van der Waals surface area contributed by atoms with E-state index < -0.39 is 0 Å². The van der Waals surface area contributed by atoms with Gasteiger partial charge in [-0.2, -0.15) is 12.6 Å². The van der Waals surface area contributed by atoms with Crippen LogP contribution in [0.25, 0.3) is 0 Å². The maximum Gasteiger partial charge on any atom is 0.120 e. The number of thiol groups is 1. The van der Waals surface area contributed by atoms with Crippen LogP contribution in [0.5, 0.6) is 5.75 Å². The quantitative estimate of drug-likeness (QED) is 0.799. The topological polar surface area (TPSA) is 9.23 Å². The van der Waals surface area contributed by atoms with Gasteiger partial charge in [0.15, 0.2) is 0 Å². The Morgan fingerprint density at radius 2 is 2.00 bits per heavy atom. The van der Waals surface area contributed by atoms with E-state index in [1.165, 1.54) is 19.3 Å². The molecule has 1 fully saturated rings. The van der Waals surface area contributed by atoms with E-state index in [1.807, 2.05) is 6.07 Å². The fourth-order valence-corrected chi connectivity index (χ4v) is 2.52. The van der Waals surface area contributed by atoms with Gasteiger partial charge in [-0.15, -0.1) is 0 Å². The summed E-state index contributed by atoms with van der Waals surface area (Å²) in [6, 6.07) is 5.36. The number of rotatable bonds is 4. The van der Waals surface area contributed by atoms with Gasteiger partial charge in [-0.05, 0) is 30.7 Å². The summed E-state index contributed by atoms with van der Waals surface area (Å²) in [4.78, 5) is 0. The highest BCUT2D eigenvalue weighted by Crippen LogP contribution is 2.42. The number of halogens is 2. The molecule has 0 saturated heterocycles. The first-order valence-electron chi connectivity index (χ1n) is 5.34. The van der Waals surface area contributed by atoms with Crippen LogP contribution in [0.2, 0.25) is 10.0 Å². The minimum atomic E-state index is 0.273. The molecule has 1 aromatic carbocycles. The Morgan fingerprint density at radius 3 is 2.50 bits per heavy atom. The molecule has 2 rings (SSSR count). The van der Waals surface area contributed by atoms with Crippen molar-refractivity contribution in [2.45, 2.75) is 19.3 Å². The number of hydrogen-bond donors (Lipinski definition) is 1. The van der Waals surface area contributed by atoms with Gasteiger partial charge < -0.3 is 4.74 Å². The number of ether oxygens (including phenoxy) is 1. The summed E-state index contributed by atoms with van der Waals surface area (Å²) in [6.07, 6.45) is 3.70. The largest absolute Gasteiger partial charge is 0.493 e. The molecule has 0 radical (unpaired) electrons. The van der Waals surface area contributed by atoms with Gasteiger partial charge in [0, 0.05) is 11.5 Å². The van der Waals surface area contributed by atoms with Gasteiger partial charge in [0.25, 0.3) is 0 Å². The monoisotopic (exact) mass is 276 g/mol. The second kappa shape index (κ2) is 5.07. The average molecular weight is 277 g/mol. The summed E-state index contributed by atoms with van der Waals surface area (Å²) in [5.74, 6) is 1.66. The van der Waals surface area contributed by atoms with E-state index in [1.54, 1.807) is 12.1 Å². The predicted molar refractivity (Wildman–Crippen MR) is 72.1 cm³/mol. The molecular formula is C12H14Cl2OS. The van der Waals surface area contributed by atoms with Crippen molar-refractivity contribution in [1.82, 2.24) is 0 Å². The summed E-state index contributed by atoms with van der Waals surface area (Å²) < 4.78 is 5.75. The highest BCUT2D eigenvalue weighted by molar-refractivity contribution is 7.80. The van der Waals surface area contributed by atoms with Crippen molar-refractivity contribution < 1.29 is 4.74 Å². The standard InChI is InChI=1S/C12H14Cl2OS/c13-10-3-2-9(6-11(10)14)15-7-12(8-16)4-1-5-12/h2-3,6,16H,1,4-5,7-8H2. The third-order valence-electron chi connectivity index (χ3n) is 3.19. The van der Waals surface area contributed by atoms with Gasteiger partial charge in [0.2, 0.25) is 0 Å². The van der Waals surface area contributed by atoms with E-state index in [9.17, 15) is 0 Å². The Morgan fingerprint density at radius 1 is 1.25 bits per heavy atom. The second-order valence-electron chi connectivity index (χ2n) is 4.38. The third kappa shape index (κ3) is 2.61. The van der Waals surface area contributed by atoms with Crippen molar-refractivity contribution in [2.75, 3.05) is 12.4 Å². The van der Waals surface area contributed by atoms with Crippen molar-refractivity contribution in [2.24, 2.45) is 5.41 Å². The molecule has 0 spiro atoms. The van der Waals surface area contributed by atoms with Crippen LogP contribution in [-0.2, 0) is 0 Å². The summed E-state index contributed by atoms with van der Waals surface area (Å²) >= 11 is 16.1. The van der Waals surface area contributed by atoms with Crippen molar-refractivity contribution in [3.05, 3.63) is 28.2 Å². The smallest absolute Gasteiger partial charge is 0.120 e. The molecule has 88 valence electrons. The molecule has 1 aliphatic rings. The van der Waals surface area contributed by atoms with E-state index >= 15 is 0 Å². The van der Waals surface area contributed by atoms with Crippen LogP contribution in [0.3, 0.4) is 0 Å². The molecule has 1 nitrogen and oxygen atoms in total. The number of benzene rings is 1. The van der Waals surface area contributed by atoms with E-state index in [-0.39, 0.29) is 5.41 Å². The summed E-state index contributed by atoms with van der Waals surface area (Å²) in [6.45, 7) is 0.717. The van der Waals surface area contributed by atoms with Crippen LogP contribution >= 0.6 is 35.8 Å². The zero-order chi connectivity index (χ0) is 11.6. The first kappa shape index (κ1) is 12.4. The van der Waals surface area contributed by atoms with Gasteiger partial charge in [-0.3, -0.25) is 0 Å². The van der Waals surface area contributed by atoms with Gasteiger partial charge in [0.1, 0.15) is 5.75 Å². The van der Waals surface area contributed by atoms with Crippen LogP contribution in [-0.4, -0.2) is 12.4 Å². The Kier molecular flexibility index (Phi) is 3.93. The molecule has 0 aromatic heterocycles. The van der Waals surface area contributed by atoms with E-state index in [4.69, 9.17) is 27.9 Å². The molecule has 0 aliphatic heterocycles. The van der Waals surface area contributed by atoms with E-state index in [0.29, 0.717) is 16.7 Å². The van der Waals surface area contributed by atoms with Crippen LogP contribution in [0, 0.1) is 5.41 Å². The maximum atomic E-state index is 5.92. The molecule has 0 amide bonds. The fraction of sp³-hybridized carbons (Fsp3) is 0.500. The lowest BCUT2D eigenvalue weighted by atomic mass is 9.71. The molecule has 4 heteroatoms. The van der Waals surface area contributed by atoms with Gasteiger partial charge >= 0.3 is 0 Å². The lowest BCUT2D eigenvalue weighted by molar-refractivity contribution is 0.0830. The average Bonchev–Trinajstić information content (AvgIpc) is 2.22.